The molecule has 2 amide bonds. The van der Waals surface area contributed by atoms with Gasteiger partial charge in [0.2, 0.25) is 0 Å². The van der Waals surface area contributed by atoms with Gasteiger partial charge in [0.05, 0.1) is 12.6 Å². The number of carbonyl (C=O) groups excluding carboxylic acids is 1. The van der Waals surface area contributed by atoms with Crippen LogP contribution in [-0.4, -0.2) is 35.7 Å². The molecule has 1 aromatic carbocycles. The molecule has 0 saturated carbocycles. The predicted octanol–water partition coefficient (Wildman–Crippen LogP) is 2.56. The molecule has 0 aliphatic heterocycles. The Morgan fingerprint density at radius 2 is 2.26 bits per heavy atom. The molecule has 6 heteroatoms. The van der Waals surface area contributed by atoms with Gasteiger partial charge in [0.25, 0.3) is 0 Å². The Morgan fingerprint density at radius 3 is 2.79 bits per heavy atom. The Hall–Kier alpha value is -1.33. The van der Waals surface area contributed by atoms with Crippen molar-refractivity contribution in [1.82, 2.24) is 10.2 Å². The van der Waals surface area contributed by atoms with Crippen LogP contribution < -0.4 is 5.32 Å². The number of halogens is 2. The van der Waals surface area contributed by atoms with Crippen LogP contribution in [0.2, 0.25) is 5.02 Å². The van der Waals surface area contributed by atoms with Crippen molar-refractivity contribution >= 4 is 17.6 Å². The van der Waals surface area contributed by atoms with E-state index in [0.717, 1.165) is 0 Å². The third-order valence-corrected chi connectivity index (χ3v) is 3.14. The van der Waals surface area contributed by atoms with Crippen molar-refractivity contribution in [1.29, 1.82) is 0 Å². The summed E-state index contributed by atoms with van der Waals surface area (Å²) in [5, 5.41) is 11.8. The topological polar surface area (TPSA) is 52.6 Å². The first kappa shape index (κ1) is 15.7. The van der Waals surface area contributed by atoms with E-state index in [0.29, 0.717) is 6.54 Å². The normalized spacial score (nSPS) is 12.1. The smallest absolute Gasteiger partial charge is 0.317 e. The standard InChI is InChI=1S/C13H18ClFN2O2/c1-3-17(7-8-18)13(19)16-9(2)12-10(14)5-4-6-11(12)15/h4-6,9,18H,3,7-8H2,1-2H3,(H,16,19). The molecule has 1 unspecified atom stereocenters. The minimum atomic E-state index is -0.547. The fraction of sp³-hybridized carbons (Fsp3) is 0.462. The number of benzene rings is 1. The number of aliphatic hydroxyl groups excluding tert-OH is 1. The van der Waals surface area contributed by atoms with Crippen LogP contribution in [0, 0.1) is 5.82 Å². The molecule has 1 aromatic rings. The number of carbonyl (C=O) groups is 1. The second-order valence-electron chi connectivity index (χ2n) is 4.11. The van der Waals surface area contributed by atoms with Gasteiger partial charge in [0.15, 0.2) is 0 Å². The van der Waals surface area contributed by atoms with Crippen LogP contribution in [-0.2, 0) is 0 Å². The Labute approximate surface area is 117 Å². The van der Waals surface area contributed by atoms with Crippen LogP contribution in [0.5, 0.6) is 0 Å². The maximum Gasteiger partial charge on any atom is 0.317 e. The molecular weight excluding hydrogens is 271 g/mol. The van der Waals surface area contributed by atoms with Gasteiger partial charge < -0.3 is 15.3 Å². The lowest BCUT2D eigenvalue weighted by Gasteiger charge is -2.24. The third-order valence-electron chi connectivity index (χ3n) is 2.81. The number of hydrogen-bond donors (Lipinski definition) is 2. The van der Waals surface area contributed by atoms with Gasteiger partial charge in [0.1, 0.15) is 5.82 Å². The van der Waals surface area contributed by atoms with E-state index in [-0.39, 0.29) is 29.8 Å². The molecule has 0 bridgehead atoms. The van der Waals surface area contributed by atoms with Crippen molar-refractivity contribution in [2.75, 3.05) is 19.7 Å². The summed E-state index contributed by atoms with van der Waals surface area (Å²) in [4.78, 5) is 13.3. The quantitative estimate of drug-likeness (QED) is 0.875. The van der Waals surface area contributed by atoms with Crippen LogP contribution in [0.1, 0.15) is 25.5 Å². The van der Waals surface area contributed by atoms with Gasteiger partial charge in [-0.2, -0.15) is 0 Å². The first-order valence-electron chi connectivity index (χ1n) is 6.11. The number of amides is 2. The zero-order valence-electron chi connectivity index (χ0n) is 11.0. The zero-order chi connectivity index (χ0) is 14.4. The van der Waals surface area contributed by atoms with Crippen molar-refractivity contribution in [2.24, 2.45) is 0 Å². The van der Waals surface area contributed by atoms with Crippen LogP contribution in [0.25, 0.3) is 0 Å². The number of nitrogens with one attached hydrogen (secondary N) is 1. The molecule has 1 rings (SSSR count). The monoisotopic (exact) mass is 288 g/mol. The van der Waals surface area contributed by atoms with Gasteiger partial charge in [-0.05, 0) is 26.0 Å². The first-order valence-corrected chi connectivity index (χ1v) is 6.49. The van der Waals surface area contributed by atoms with Crippen molar-refractivity contribution in [2.45, 2.75) is 19.9 Å². The zero-order valence-corrected chi connectivity index (χ0v) is 11.7. The lowest BCUT2D eigenvalue weighted by Crippen LogP contribution is -2.42. The van der Waals surface area contributed by atoms with Gasteiger partial charge in [-0.25, -0.2) is 9.18 Å². The predicted molar refractivity (Wildman–Crippen MR) is 72.7 cm³/mol. The third kappa shape index (κ3) is 4.08. The molecule has 0 aromatic heterocycles. The van der Waals surface area contributed by atoms with Crippen LogP contribution in [0.3, 0.4) is 0 Å². The van der Waals surface area contributed by atoms with Gasteiger partial charge in [-0.1, -0.05) is 17.7 Å². The van der Waals surface area contributed by atoms with E-state index in [1.165, 1.54) is 17.0 Å². The second-order valence-corrected chi connectivity index (χ2v) is 4.52. The summed E-state index contributed by atoms with van der Waals surface area (Å²) in [6, 6.07) is 3.49. The summed E-state index contributed by atoms with van der Waals surface area (Å²) in [6.07, 6.45) is 0. The number of urea groups is 1. The van der Waals surface area contributed by atoms with E-state index in [2.05, 4.69) is 5.32 Å². The molecule has 0 fully saturated rings. The van der Waals surface area contributed by atoms with E-state index in [1.807, 2.05) is 0 Å². The van der Waals surface area contributed by atoms with Crippen molar-refractivity contribution < 1.29 is 14.3 Å². The minimum Gasteiger partial charge on any atom is -0.395 e. The van der Waals surface area contributed by atoms with E-state index >= 15 is 0 Å². The molecule has 0 heterocycles. The molecule has 1 atom stereocenters. The Kier molecular flexibility index (Phi) is 6.05. The maximum absolute atomic E-state index is 13.7. The molecule has 106 valence electrons. The van der Waals surface area contributed by atoms with Crippen LogP contribution in [0.15, 0.2) is 18.2 Å². The fourth-order valence-corrected chi connectivity index (χ4v) is 2.12. The SMILES string of the molecule is CCN(CCO)C(=O)NC(C)c1c(F)cccc1Cl. The van der Waals surface area contributed by atoms with Gasteiger partial charge in [-0.15, -0.1) is 0 Å². The first-order chi connectivity index (χ1) is 9.01. The highest BCUT2D eigenvalue weighted by molar-refractivity contribution is 6.31. The van der Waals surface area contributed by atoms with E-state index in [4.69, 9.17) is 16.7 Å². The lowest BCUT2D eigenvalue weighted by atomic mass is 10.1. The molecule has 0 spiro atoms. The molecule has 0 saturated heterocycles. The number of nitrogens with zero attached hydrogens (tertiary/aromatic N) is 1. The summed E-state index contributed by atoms with van der Waals surface area (Å²) in [5.41, 5.74) is 0.262. The molecule has 0 aliphatic carbocycles. The van der Waals surface area contributed by atoms with Gasteiger partial charge >= 0.3 is 6.03 Å². The highest BCUT2D eigenvalue weighted by Crippen LogP contribution is 2.25. The van der Waals surface area contributed by atoms with Crippen molar-refractivity contribution in [3.05, 3.63) is 34.6 Å². The van der Waals surface area contributed by atoms with Crippen LogP contribution >= 0.6 is 11.6 Å². The average molecular weight is 289 g/mol. The molecule has 2 N–H and O–H groups in total. The number of likely N-dealkylation sites (N-methyl/N-ethyl adjacent to an activating group) is 1. The molecular formula is C13H18ClFN2O2. The second kappa shape index (κ2) is 7.31. The van der Waals surface area contributed by atoms with Gasteiger partial charge in [0, 0.05) is 23.7 Å². The lowest BCUT2D eigenvalue weighted by molar-refractivity contribution is 0.177. The molecule has 4 nitrogen and oxygen atoms in total. The number of aliphatic hydroxyl groups is 1. The summed E-state index contributed by atoms with van der Waals surface area (Å²) in [5.74, 6) is -0.453. The average Bonchev–Trinajstić information content (AvgIpc) is 2.35. The Bertz CT molecular complexity index is 422. The summed E-state index contributed by atoms with van der Waals surface area (Å²) < 4.78 is 13.7. The summed E-state index contributed by atoms with van der Waals surface area (Å²) >= 11 is 5.94. The highest BCUT2D eigenvalue weighted by atomic mass is 35.5. The largest absolute Gasteiger partial charge is 0.395 e. The molecule has 0 radical (unpaired) electrons. The molecule has 0 aliphatic rings. The summed E-state index contributed by atoms with van der Waals surface area (Å²) in [7, 11) is 0. The minimum absolute atomic E-state index is 0.115. The highest BCUT2D eigenvalue weighted by Gasteiger charge is 2.19. The van der Waals surface area contributed by atoms with E-state index in [9.17, 15) is 9.18 Å². The van der Waals surface area contributed by atoms with Crippen molar-refractivity contribution in [3.63, 3.8) is 0 Å². The van der Waals surface area contributed by atoms with Crippen molar-refractivity contribution in [3.8, 4) is 0 Å². The number of rotatable bonds is 5. The van der Waals surface area contributed by atoms with E-state index < -0.39 is 11.9 Å². The van der Waals surface area contributed by atoms with E-state index in [1.54, 1.807) is 19.9 Å². The maximum atomic E-state index is 13.7. The Morgan fingerprint density at radius 1 is 1.58 bits per heavy atom. The van der Waals surface area contributed by atoms with Gasteiger partial charge in [-0.3, -0.25) is 0 Å². The summed E-state index contributed by atoms with van der Waals surface area (Å²) in [6.45, 7) is 4.05. The number of hydrogen-bond acceptors (Lipinski definition) is 2. The van der Waals surface area contributed by atoms with Crippen LogP contribution in [0.4, 0.5) is 9.18 Å². The fourth-order valence-electron chi connectivity index (χ4n) is 1.80. The molecule has 19 heavy (non-hydrogen) atoms. The Balaban J connectivity index is 2.79.